The molecule has 0 bridgehead atoms. The average Bonchev–Trinajstić information content (AvgIpc) is 2.26. The topological polar surface area (TPSA) is 125 Å². The molecule has 8 nitrogen and oxygen atoms in total. The number of fused-ring (bicyclic) bond motifs is 1. The van der Waals surface area contributed by atoms with Crippen LogP contribution in [-0.4, -0.2) is 41.7 Å². The summed E-state index contributed by atoms with van der Waals surface area (Å²) in [6, 6.07) is 4.23. The number of sulfonamides is 1. The number of hydrogen-bond acceptors (Lipinski definition) is 5. The molecule has 1 aromatic rings. The number of carbonyl (C=O) groups is 1. The predicted molar refractivity (Wildman–Crippen MR) is 81.7 cm³/mol. The molecule has 0 amide bonds. The monoisotopic (exact) mass is 331 g/mol. The van der Waals surface area contributed by atoms with Crippen molar-refractivity contribution in [2.24, 2.45) is 4.40 Å². The smallest absolute Gasteiger partial charge is 0.311 e. The Morgan fingerprint density at radius 2 is 2.19 bits per heavy atom. The molecule has 114 valence electrons. The molecule has 1 aromatic carbocycles. The lowest BCUT2D eigenvalue weighted by Crippen LogP contribution is -2.24. The summed E-state index contributed by atoms with van der Waals surface area (Å²) in [7, 11) is -6.55. The number of nitrogens with one attached hydrogen (secondary N) is 2. The Morgan fingerprint density at radius 1 is 1.52 bits per heavy atom. The van der Waals surface area contributed by atoms with Crippen molar-refractivity contribution in [1.82, 2.24) is 0 Å². The van der Waals surface area contributed by atoms with Gasteiger partial charge in [-0.1, -0.05) is 0 Å². The van der Waals surface area contributed by atoms with Gasteiger partial charge >= 0.3 is 5.97 Å². The molecule has 0 fully saturated rings. The van der Waals surface area contributed by atoms with Gasteiger partial charge < -0.3 is 15.1 Å². The molecule has 0 saturated carbocycles. The molecule has 0 saturated heterocycles. The minimum Gasteiger partial charge on any atom is -0.481 e. The van der Waals surface area contributed by atoms with Crippen LogP contribution in [0.1, 0.15) is 6.42 Å². The van der Waals surface area contributed by atoms with Gasteiger partial charge in [-0.05, 0) is 24.1 Å². The number of rotatable bonds is 4. The van der Waals surface area contributed by atoms with Crippen molar-refractivity contribution < 1.29 is 22.5 Å². The molecule has 10 heteroatoms. The van der Waals surface area contributed by atoms with Gasteiger partial charge in [0.2, 0.25) is 0 Å². The van der Waals surface area contributed by atoms with Gasteiger partial charge in [-0.15, -0.1) is 4.40 Å². The largest absolute Gasteiger partial charge is 0.481 e. The third-order valence-corrected chi connectivity index (χ3v) is 4.44. The first-order valence-corrected chi connectivity index (χ1v) is 9.21. The second-order valence-corrected chi connectivity index (χ2v) is 8.31. The summed E-state index contributed by atoms with van der Waals surface area (Å²) in [6.45, 7) is 0. The third kappa shape index (κ3) is 3.73. The summed E-state index contributed by atoms with van der Waals surface area (Å²) in [5, 5.41) is 11.3. The minimum absolute atomic E-state index is 0.120. The average molecular weight is 331 g/mol. The van der Waals surface area contributed by atoms with Crippen LogP contribution in [0.2, 0.25) is 0 Å². The van der Waals surface area contributed by atoms with Gasteiger partial charge in [0.1, 0.15) is 17.2 Å². The zero-order chi connectivity index (χ0) is 15.8. The molecule has 0 radical (unpaired) electrons. The molecule has 1 aliphatic rings. The Hall–Kier alpha value is -2.07. The first kappa shape index (κ1) is 15.3. The molecule has 0 aromatic heterocycles. The van der Waals surface area contributed by atoms with E-state index in [4.69, 9.17) is 5.11 Å². The van der Waals surface area contributed by atoms with Gasteiger partial charge in [0.15, 0.2) is 0 Å². The van der Waals surface area contributed by atoms with Crippen molar-refractivity contribution >= 4 is 48.8 Å². The molecule has 1 aliphatic heterocycles. The maximum atomic E-state index is 12.0. The Kier molecular flexibility index (Phi) is 3.68. The lowest BCUT2D eigenvalue weighted by molar-refractivity contribution is -0.135. The first-order valence-electron chi connectivity index (χ1n) is 5.63. The first-order chi connectivity index (χ1) is 9.57. The summed E-state index contributed by atoms with van der Waals surface area (Å²) in [5.41, 5.74) is 0.539. The SMILES string of the molecule is C=S(C)(=O)Nc1ccc2c(c1)S(=O)(=O)N=C(CC(=O)O)N2. The van der Waals surface area contributed by atoms with E-state index in [-0.39, 0.29) is 16.4 Å². The Morgan fingerprint density at radius 3 is 2.76 bits per heavy atom. The van der Waals surface area contributed by atoms with Gasteiger partial charge in [-0.3, -0.25) is 4.79 Å². The van der Waals surface area contributed by atoms with Crippen LogP contribution in [0.4, 0.5) is 11.4 Å². The van der Waals surface area contributed by atoms with Gasteiger partial charge in [0, 0.05) is 21.7 Å². The lowest BCUT2D eigenvalue weighted by atomic mass is 10.2. The fourth-order valence-corrected chi connectivity index (χ4v) is 3.54. The van der Waals surface area contributed by atoms with Gasteiger partial charge in [0.05, 0.1) is 5.69 Å². The zero-order valence-electron chi connectivity index (χ0n) is 11.0. The fraction of sp³-hybridized carbons (Fsp3) is 0.182. The van der Waals surface area contributed by atoms with Crippen LogP contribution in [0.5, 0.6) is 0 Å². The second kappa shape index (κ2) is 5.04. The number of aliphatic carboxylic acids is 1. The number of carboxylic acid groups (broad SMARTS) is 1. The maximum Gasteiger partial charge on any atom is 0.311 e. The number of nitrogens with zero attached hydrogens (tertiary/aromatic N) is 1. The predicted octanol–water partition coefficient (Wildman–Crippen LogP) is 0.347. The number of anilines is 2. The number of benzene rings is 1. The van der Waals surface area contributed by atoms with Crippen LogP contribution >= 0.6 is 0 Å². The number of amidine groups is 1. The molecule has 3 N–H and O–H groups in total. The van der Waals surface area contributed by atoms with Gasteiger partial charge in [0.25, 0.3) is 10.0 Å². The fourth-order valence-electron chi connectivity index (χ4n) is 1.74. The zero-order valence-corrected chi connectivity index (χ0v) is 12.6. The van der Waals surface area contributed by atoms with Gasteiger partial charge in [-0.25, -0.2) is 4.21 Å². The van der Waals surface area contributed by atoms with Crippen molar-refractivity contribution in [3.05, 3.63) is 18.2 Å². The standard InChI is InChI=1S/C11H13N3O5S2/c1-20(2,17)13-7-3-4-8-9(5-7)21(18,19)14-10(12-8)6-11(15)16/h3-5H,1,6H2,2H3,(H,12,14)(H,13,17)(H,15,16). The van der Waals surface area contributed by atoms with Crippen LogP contribution in [0.15, 0.2) is 27.5 Å². The summed E-state index contributed by atoms with van der Waals surface area (Å²) < 4.78 is 41.7. The normalized spacial score (nSPS) is 18.6. The molecule has 0 aliphatic carbocycles. The molecular weight excluding hydrogens is 318 g/mol. The lowest BCUT2D eigenvalue weighted by Gasteiger charge is -2.18. The van der Waals surface area contributed by atoms with Crippen molar-refractivity contribution in [2.45, 2.75) is 11.3 Å². The molecule has 21 heavy (non-hydrogen) atoms. The Bertz CT molecular complexity index is 841. The van der Waals surface area contributed by atoms with E-state index in [1.54, 1.807) is 0 Å². The van der Waals surface area contributed by atoms with Crippen molar-refractivity contribution in [1.29, 1.82) is 0 Å². The van der Waals surface area contributed by atoms with Crippen molar-refractivity contribution in [2.75, 3.05) is 16.3 Å². The number of hydrogen-bond donors (Lipinski definition) is 3. The molecular formula is C11H13N3O5S2. The van der Waals surface area contributed by atoms with E-state index in [1.165, 1.54) is 24.5 Å². The van der Waals surface area contributed by atoms with E-state index < -0.39 is 32.1 Å². The Balaban J connectivity index is 2.44. The summed E-state index contributed by atoms with van der Waals surface area (Å²) >= 11 is 0. The van der Waals surface area contributed by atoms with Crippen molar-refractivity contribution in [3.8, 4) is 0 Å². The highest BCUT2D eigenvalue weighted by molar-refractivity contribution is 8.00. The van der Waals surface area contributed by atoms with Crippen LogP contribution in [0.25, 0.3) is 0 Å². The van der Waals surface area contributed by atoms with E-state index in [0.29, 0.717) is 5.69 Å². The van der Waals surface area contributed by atoms with E-state index >= 15 is 0 Å². The van der Waals surface area contributed by atoms with E-state index in [2.05, 4.69) is 20.3 Å². The minimum atomic E-state index is -4.01. The molecule has 0 spiro atoms. The summed E-state index contributed by atoms with van der Waals surface area (Å²) in [6.07, 6.45) is 0.850. The van der Waals surface area contributed by atoms with E-state index in [0.717, 1.165) is 0 Å². The highest BCUT2D eigenvalue weighted by atomic mass is 32.2. The van der Waals surface area contributed by atoms with Crippen LogP contribution < -0.4 is 10.0 Å². The Labute approximate surface area is 122 Å². The van der Waals surface area contributed by atoms with Crippen LogP contribution in [0.3, 0.4) is 0 Å². The van der Waals surface area contributed by atoms with Crippen LogP contribution in [0, 0.1) is 0 Å². The quantitative estimate of drug-likeness (QED) is 0.684. The summed E-state index contributed by atoms with van der Waals surface area (Å²) in [4.78, 5) is 10.5. The third-order valence-electron chi connectivity index (χ3n) is 2.42. The van der Waals surface area contributed by atoms with Crippen molar-refractivity contribution in [3.63, 3.8) is 0 Å². The second-order valence-electron chi connectivity index (χ2n) is 4.53. The molecule has 2 rings (SSSR count). The van der Waals surface area contributed by atoms with E-state index in [1.807, 2.05) is 0 Å². The summed E-state index contributed by atoms with van der Waals surface area (Å²) in [5.74, 6) is 2.06. The number of carboxylic acids is 1. The molecule has 1 atom stereocenters. The van der Waals surface area contributed by atoms with Gasteiger partial charge in [-0.2, -0.15) is 8.42 Å². The highest BCUT2D eigenvalue weighted by Crippen LogP contribution is 2.30. The molecule has 1 unspecified atom stereocenters. The van der Waals surface area contributed by atoms with E-state index in [9.17, 15) is 17.4 Å². The molecule has 1 heterocycles. The highest BCUT2D eigenvalue weighted by Gasteiger charge is 2.26. The van der Waals surface area contributed by atoms with Crippen LogP contribution in [-0.2, 0) is 24.5 Å². The maximum absolute atomic E-state index is 12.0.